The first-order chi connectivity index (χ1) is 10.4. The van der Waals surface area contributed by atoms with Gasteiger partial charge in [0.15, 0.2) is 0 Å². The van der Waals surface area contributed by atoms with Gasteiger partial charge in [-0.05, 0) is 24.3 Å². The highest BCUT2D eigenvalue weighted by molar-refractivity contribution is 6.83. The molecule has 1 heterocycles. The van der Waals surface area contributed by atoms with Crippen LogP contribution in [0.2, 0.25) is 19.6 Å². The summed E-state index contributed by atoms with van der Waals surface area (Å²) in [6.07, 6.45) is 1.78. The summed E-state index contributed by atoms with van der Waals surface area (Å²) in [5.41, 5.74) is 5.84. The minimum absolute atomic E-state index is 0.401. The second-order valence-corrected chi connectivity index (χ2v) is 10.8. The van der Waals surface area contributed by atoms with Gasteiger partial charge in [0.2, 0.25) is 0 Å². The number of aryl methyl sites for hydroxylation is 1. The number of hydrogen-bond donors (Lipinski definition) is 0. The number of rotatable bonds is 3. The lowest BCUT2D eigenvalue weighted by Gasteiger charge is -2.08. The van der Waals surface area contributed by atoms with Crippen LogP contribution in [0.1, 0.15) is 16.8 Å². The van der Waals surface area contributed by atoms with E-state index in [0.29, 0.717) is 12.2 Å². The Morgan fingerprint density at radius 3 is 2.50 bits per heavy atom. The Kier molecular flexibility index (Phi) is 4.70. The van der Waals surface area contributed by atoms with Gasteiger partial charge in [0.05, 0.1) is 29.1 Å². The number of ether oxygens (including phenoxy) is 1. The van der Waals surface area contributed by atoms with Crippen LogP contribution in [-0.4, -0.2) is 17.9 Å². The van der Waals surface area contributed by atoms with Gasteiger partial charge in [0.25, 0.3) is 0 Å². The highest BCUT2D eigenvalue weighted by Crippen LogP contribution is 2.15. The molecule has 2 aromatic rings. The van der Waals surface area contributed by atoms with Gasteiger partial charge in [-0.3, -0.25) is 4.68 Å². The lowest BCUT2D eigenvalue weighted by Crippen LogP contribution is -2.16. The van der Waals surface area contributed by atoms with Crippen LogP contribution in [0.4, 0.5) is 0 Å². The van der Waals surface area contributed by atoms with E-state index in [9.17, 15) is 0 Å². The molecule has 0 aliphatic carbocycles. The van der Waals surface area contributed by atoms with E-state index < -0.39 is 8.07 Å². The summed E-state index contributed by atoms with van der Waals surface area (Å²) in [6.45, 7) is 7.04. The van der Waals surface area contributed by atoms with E-state index in [1.807, 2.05) is 7.05 Å². The van der Waals surface area contributed by atoms with Crippen molar-refractivity contribution in [2.75, 3.05) is 0 Å². The largest absolute Gasteiger partial charge is 0.487 e. The Morgan fingerprint density at radius 1 is 1.23 bits per heavy atom. The third-order valence-corrected chi connectivity index (χ3v) is 3.87. The highest BCUT2D eigenvalue weighted by atomic mass is 28.3. The molecule has 1 aromatic heterocycles. The fourth-order valence-corrected chi connectivity index (χ4v) is 2.28. The first kappa shape index (κ1) is 15.9. The van der Waals surface area contributed by atoms with Gasteiger partial charge in [0, 0.05) is 7.05 Å². The molecule has 0 amide bonds. The van der Waals surface area contributed by atoms with E-state index in [1.165, 1.54) is 0 Å². The number of hydrogen-bond acceptors (Lipinski definition) is 3. The first-order valence-corrected chi connectivity index (χ1v) is 10.6. The summed E-state index contributed by atoms with van der Waals surface area (Å²) in [5, 5.41) is 13.1. The molecule has 22 heavy (non-hydrogen) atoms. The molecule has 0 radical (unpaired) electrons. The quantitative estimate of drug-likeness (QED) is 0.646. The van der Waals surface area contributed by atoms with E-state index in [1.54, 1.807) is 35.1 Å². The lowest BCUT2D eigenvalue weighted by atomic mass is 10.2. The normalized spacial score (nSPS) is 10.5. The molecule has 0 atom stereocenters. The average Bonchev–Trinajstić information content (AvgIpc) is 2.83. The smallest absolute Gasteiger partial charge is 0.131 e. The fourth-order valence-electron chi connectivity index (χ4n) is 1.77. The molecule has 112 valence electrons. The van der Waals surface area contributed by atoms with Crippen molar-refractivity contribution in [1.29, 1.82) is 5.26 Å². The summed E-state index contributed by atoms with van der Waals surface area (Å²) >= 11 is 0. The van der Waals surface area contributed by atoms with Crippen molar-refractivity contribution >= 4 is 8.07 Å². The number of nitriles is 1. The predicted octanol–water partition coefficient (Wildman–Crippen LogP) is 3.10. The molecule has 1 aromatic carbocycles. The number of nitrogens with zero attached hydrogens (tertiary/aromatic N) is 3. The van der Waals surface area contributed by atoms with Gasteiger partial charge in [-0.25, -0.2) is 0 Å². The van der Waals surface area contributed by atoms with Crippen molar-refractivity contribution in [2.24, 2.45) is 7.05 Å². The van der Waals surface area contributed by atoms with Crippen LogP contribution in [-0.2, 0) is 13.7 Å². The Bertz CT molecular complexity index is 752. The molecular formula is C17H19N3OSi. The molecular weight excluding hydrogens is 290 g/mol. The molecule has 0 fully saturated rings. The molecule has 0 aliphatic rings. The maximum Gasteiger partial charge on any atom is 0.131 e. The van der Waals surface area contributed by atoms with Crippen molar-refractivity contribution in [2.45, 2.75) is 26.2 Å². The third-order valence-electron chi connectivity index (χ3n) is 2.99. The molecule has 5 heteroatoms. The Balaban J connectivity index is 2.13. The monoisotopic (exact) mass is 309 g/mol. The molecule has 0 bridgehead atoms. The van der Waals surface area contributed by atoms with E-state index in [-0.39, 0.29) is 0 Å². The molecule has 0 aliphatic heterocycles. The van der Waals surface area contributed by atoms with E-state index in [4.69, 9.17) is 10.00 Å². The summed E-state index contributed by atoms with van der Waals surface area (Å²) < 4.78 is 7.57. The Hall–Kier alpha value is -2.50. The lowest BCUT2D eigenvalue weighted by molar-refractivity contribution is 0.294. The third kappa shape index (κ3) is 4.24. The van der Waals surface area contributed by atoms with Crippen molar-refractivity contribution in [3.05, 3.63) is 47.3 Å². The number of benzene rings is 1. The second-order valence-electron chi connectivity index (χ2n) is 6.05. The van der Waals surface area contributed by atoms with E-state index in [2.05, 4.69) is 42.3 Å². The van der Waals surface area contributed by atoms with Crippen molar-refractivity contribution in [3.63, 3.8) is 0 Å². The summed E-state index contributed by atoms with van der Waals surface area (Å²) in [5.74, 6) is 3.96. The zero-order valence-electron chi connectivity index (χ0n) is 13.3. The molecule has 2 rings (SSSR count). The molecule has 4 nitrogen and oxygen atoms in total. The van der Waals surface area contributed by atoms with Gasteiger partial charge in [-0.2, -0.15) is 10.4 Å². The van der Waals surface area contributed by atoms with Crippen LogP contribution in [0.5, 0.6) is 5.75 Å². The summed E-state index contributed by atoms with van der Waals surface area (Å²) in [7, 11) is 0.465. The van der Waals surface area contributed by atoms with Crippen LogP contribution in [0, 0.1) is 22.8 Å². The SMILES string of the molecule is Cn1ncc(C#C[Si](C)(C)C)c1COc1ccc(C#N)cc1. The van der Waals surface area contributed by atoms with Gasteiger partial charge in [-0.1, -0.05) is 25.6 Å². The van der Waals surface area contributed by atoms with E-state index >= 15 is 0 Å². The Labute approximate surface area is 132 Å². The molecule has 0 saturated heterocycles. The van der Waals surface area contributed by atoms with Gasteiger partial charge < -0.3 is 4.74 Å². The average molecular weight is 309 g/mol. The second kappa shape index (κ2) is 6.51. The molecule has 0 unspecified atom stereocenters. The maximum atomic E-state index is 8.79. The van der Waals surface area contributed by atoms with Gasteiger partial charge in [0.1, 0.15) is 20.4 Å². The van der Waals surface area contributed by atoms with Gasteiger partial charge in [-0.15, -0.1) is 5.54 Å². The van der Waals surface area contributed by atoms with Crippen LogP contribution in [0.25, 0.3) is 0 Å². The zero-order chi connectivity index (χ0) is 16.2. The van der Waals surface area contributed by atoms with Crippen LogP contribution < -0.4 is 4.74 Å². The standard InChI is InChI=1S/C17H19N3OSi/c1-20-17(15(12-19-20)9-10-22(2,3)4)13-21-16-7-5-14(11-18)6-8-16/h5-8,12H,13H2,1-4H3. The van der Waals surface area contributed by atoms with Crippen LogP contribution >= 0.6 is 0 Å². The molecule has 0 spiro atoms. The topological polar surface area (TPSA) is 50.8 Å². The van der Waals surface area contributed by atoms with Gasteiger partial charge >= 0.3 is 0 Å². The minimum Gasteiger partial charge on any atom is -0.487 e. The van der Waals surface area contributed by atoms with Crippen LogP contribution in [0.3, 0.4) is 0 Å². The Morgan fingerprint density at radius 2 is 1.91 bits per heavy atom. The van der Waals surface area contributed by atoms with E-state index in [0.717, 1.165) is 17.0 Å². The number of aromatic nitrogens is 2. The fraction of sp³-hybridized carbons (Fsp3) is 0.294. The van der Waals surface area contributed by atoms with Crippen molar-refractivity contribution in [3.8, 4) is 23.3 Å². The highest BCUT2D eigenvalue weighted by Gasteiger charge is 2.11. The summed E-state index contributed by atoms with van der Waals surface area (Å²) in [4.78, 5) is 0. The van der Waals surface area contributed by atoms with Crippen molar-refractivity contribution in [1.82, 2.24) is 9.78 Å². The minimum atomic E-state index is -1.42. The maximum absolute atomic E-state index is 8.79. The molecule has 0 saturated carbocycles. The summed E-state index contributed by atoms with van der Waals surface area (Å²) in [6, 6.07) is 9.16. The van der Waals surface area contributed by atoms with Crippen LogP contribution in [0.15, 0.2) is 30.5 Å². The van der Waals surface area contributed by atoms with Crippen molar-refractivity contribution < 1.29 is 4.74 Å². The zero-order valence-corrected chi connectivity index (χ0v) is 14.3. The molecule has 0 N–H and O–H groups in total. The predicted molar refractivity (Wildman–Crippen MR) is 88.9 cm³/mol. The first-order valence-electron chi connectivity index (χ1n) is 7.06.